The molecule has 7 nitrogen and oxygen atoms in total. The van der Waals surface area contributed by atoms with E-state index in [-0.39, 0.29) is 12.5 Å². The van der Waals surface area contributed by atoms with E-state index in [1.165, 1.54) is 0 Å². The topological polar surface area (TPSA) is 83.4 Å². The number of carbonyl (C=O) groups is 1. The fourth-order valence-corrected chi connectivity index (χ4v) is 3.91. The molecule has 0 spiro atoms. The molecule has 1 aliphatic heterocycles. The van der Waals surface area contributed by atoms with Gasteiger partial charge in [-0.3, -0.25) is 4.79 Å². The van der Waals surface area contributed by atoms with Crippen molar-refractivity contribution in [3.05, 3.63) is 78.4 Å². The van der Waals surface area contributed by atoms with Gasteiger partial charge < -0.3 is 24.8 Å². The van der Waals surface area contributed by atoms with E-state index in [2.05, 4.69) is 16.8 Å². The molecule has 1 aliphatic rings. The standard InChI is InChI=1S/C27H35N3O4/c1-4-16-27(26(32)28-17-8-18-30(2)3)24(21-10-6-5-7-11-21)34-25(29-27)22-12-14-23(15-13-22)33-20-9-19-31/h4-7,10-15,24,31H,1,8-9,16-20H2,2-3H3,(H,28,32)/t24-,27-/m1/s1. The average molecular weight is 466 g/mol. The van der Waals surface area contributed by atoms with Crippen LogP contribution < -0.4 is 10.1 Å². The van der Waals surface area contributed by atoms with Gasteiger partial charge in [-0.05, 0) is 56.9 Å². The summed E-state index contributed by atoms with van der Waals surface area (Å²) in [6, 6.07) is 17.1. The zero-order chi connectivity index (χ0) is 24.4. The highest BCUT2D eigenvalue weighted by atomic mass is 16.5. The molecule has 34 heavy (non-hydrogen) atoms. The lowest BCUT2D eigenvalue weighted by atomic mass is 9.84. The molecule has 2 aromatic carbocycles. The summed E-state index contributed by atoms with van der Waals surface area (Å²) in [5, 5.41) is 12.0. The second-order valence-electron chi connectivity index (χ2n) is 8.61. The minimum Gasteiger partial charge on any atom is -0.494 e. The lowest BCUT2D eigenvalue weighted by Gasteiger charge is -2.29. The normalized spacial score (nSPS) is 19.4. The van der Waals surface area contributed by atoms with Crippen molar-refractivity contribution in [2.24, 2.45) is 4.99 Å². The van der Waals surface area contributed by atoms with Crippen LogP contribution in [0.25, 0.3) is 0 Å². The van der Waals surface area contributed by atoms with Crippen LogP contribution in [0.3, 0.4) is 0 Å². The second kappa shape index (κ2) is 12.3. The number of benzene rings is 2. The Labute approximate surface area is 202 Å². The lowest BCUT2D eigenvalue weighted by Crippen LogP contribution is -2.48. The monoisotopic (exact) mass is 465 g/mol. The number of ether oxygens (including phenoxy) is 2. The third kappa shape index (κ3) is 6.24. The summed E-state index contributed by atoms with van der Waals surface area (Å²) in [5.41, 5.74) is 0.504. The molecule has 0 radical (unpaired) electrons. The molecule has 2 aromatic rings. The van der Waals surface area contributed by atoms with Crippen LogP contribution in [0.1, 0.15) is 36.5 Å². The maximum absolute atomic E-state index is 13.6. The number of amides is 1. The molecule has 1 heterocycles. The van der Waals surface area contributed by atoms with E-state index in [4.69, 9.17) is 19.6 Å². The molecule has 0 aliphatic carbocycles. The smallest absolute Gasteiger partial charge is 0.252 e. The fraction of sp³-hybridized carbons (Fsp3) is 0.407. The van der Waals surface area contributed by atoms with Crippen molar-refractivity contribution < 1.29 is 19.4 Å². The van der Waals surface area contributed by atoms with E-state index in [0.29, 0.717) is 37.6 Å². The maximum atomic E-state index is 13.6. The third-order valence-corrected chi connectivity index (χ3v) is 5.66. The van der Waals surface area contributed by atoms with Gasteiger partial charge in [-0.15, -0.1) is 6.58 Å². The molecule has 0 saturated carbocycles. The Morgan fingerprint density at radius 2 is 1.94 bits per heavy atom. The highest BCUT2D eigenvalue weighted by Gasteiger charge is 2.52. The number of carbonyl (C=O) groups excluding carboxylic acids is 1. The highest BCUT2D eigenvalue weighted by molar-refractivity contribution is 6.01. The van der Waals surface area contributed by atoms with Gasteiger partial charge >= 0.3 is 0 Å². The highest BCUT2D eigenvalue weighted by Crippen LogP contribution is 2.42. The Bertz CT molecular complexity index is 960. The molecule has 2 N–H and O–H groups in total. The summed E-state index contributed by atoms with van der Waals surface area (Å²) >= 11 is 0. The first-order valence-corrected chi connectivity index (χ1v) is 11.7. The molecule has 0 fully saturated rings. The second-order valence-corrected chi connectivity index (χ2v) is 8.61. The van der Waals surface area contributed by atoms with Crippen LogP contribution in [0.4, 0.5) is 0 Å². The number of aliphatic imine (C=N–C) groups is 1. The number of nitrogens with zero attached hydrogens (tertiary/aromatic N) is 2. The molecular weight excluding hydrogens is 430 g/mol. The molecule has 0 unspecified atom stereocenters. The van der Waals surface area contributed by atoms with Crippen molar-refractivity contribution in [1.29, 1.82) is 0 Å². The third-order valence-electron chi connectivity index (χ3n) is 5.66. The van der Waals surface area contributed by atoms with E-state index in [1.807, 2.05) is 68.7 Å². The maximum Gasteiger partial charge on any atom is 0.252 e. The van der Waals surface area contributed by atoms with Crippen molar-refractivity contribution >= 4 is 11.8 Å². The van der Waals surface area contributed by atoms with Crippen LogP contribution in [-0.2, 0) is 9.53 Å². The number of nitrogens with one attached hydrogen (secondary N) is 1. The first-order valence-electron chi connectivity index (χ1n) is 11.7. The van der Waals surface area contributed by atoms with Gasteiger partial charge in [-0.1, -0.05) is 36.4 Å². The fourth-order valence-electron chi connectivity index (χ4n) is 3.91. The van der Waals surface area contributed by atoms with E-state index < -0.39 is 11.6 Å². The predicted molar refractivity (Wildman–Crippen MR) is 134 cm³/mol. The van der Waals surface area contributed by atoms with Gasteiger partial charge in [-0.25, -0.2) is 4.99 Å². The van der Waals surface area contributed by atoms with Crippen molar-refractivity contribution in [2.45, 2.75) is 30.9 Å². The van der Waals surface area contributed by atoms with Gasteiger partial charge in [0.25, 0.3) is 5.91 Å². The van der Waals surface area contributed by atoms with Crippen molar-refractivity contribution in [3.8, 4) is 5.75 Å². The van der Waals surface area contributed by atoms with Gasteiger partial charge in [0, 0.05) is 31.6 Å². The van der Waals surface area contributed by atoms with E-state index >= 15 is 0 Å². The summed E-state index contributed by atoms with van der Waals surface area (Å²) < 4.78 is 12.0. The van der Waals surface area contributed by atoms with Crippen LogP contribution in [-0.4, -0.2) is 67.7 Å². The summed E-state index contributed by atoms with van der Waals surface area (Å²) in [6.07, 6.45) is 2.91. The molecule has 7 heteroatoms. The van der Waals surface area contributed by atoms with Crippen LogP contribution >= 0.6 is 0 Å². The number of hydrogen-bond acceptors (Lipinski definition) is 6. The quantitative estimate of drug-likeness (QED) is 0.350. The first kappa shape index (κ1) is 25.5. The minimum atomic E-state index is -1.15. The van der Waals surface area contributed by atoms with Gasteiger partial charge in [0.15, 0.2) is 11.6 Å². The number of rotatable bonds is 13. The molecule has 2 atom stereocenters. The Morgan fingerprint density at radius 1 is 1.21 bits per heavy atom. The van der Waals surface area contributed by atoms with Gasteiger partial charge in [0.1, 0.15) is 5.75 Å². The van der Waals surface area contributed by atoms with Gasteiger partial charge in [0.05, 0.1) is 6.61 Å². The Hall–Kier alpha value is -3.16. The number of aliphatic hydroxyl groups is 1. The van der Waals surface area contributed by atoms with Crippen LogP contribution in [0.2, 0.25) is 0 Å². The lowest BCUT2D eigenvalue weighted by molar-refractivity contribution is -0.128. The minimum absolute atomic E-state index is 0.0895. The van der Waals surface area contributed by atoms with Crippen LogP contribution in [0.5, 0.6) is 5.75 Å². The SMILES string of the molecule is C=CC[C@@]1(C(=O)NCCCN(C)C)N=C(c2ccc(OCCCO)cc2)O[C@@H]1c1ccccc1. The zero-order valence-electron chi connectivity index (χ0n) is 20.1. The molecule has 0 saturated heterocycles. The Kier molecular flexibility index (Phi) is 9.24. The van der Waals surface area contributed by atoms with Crippen LogP contribution in [0, 0.1) is 0 Å². The molecular formula is C27H35N3O4. The molecule has 0 bridgehead atoms. The summed E-state index contributed by atoms with van der Waals surface area (Å²) in [6.45, 7) is 5.87. The van der Waals surface area contributed by atoms with E-state index in [1.54, 1.807) is 6.08 Å². The van der Waals surface area contributed by atoms with Gasteiger partial charge in [0.2, 0.25) is 5.90 Å². The van der Waals surface area contributed by atoms with Crippen LogP contribution in [0.15, 0.2) is 72.2 Å². The largest absolute Gasteiger partial charge is 0.494 e. The summed E-state index contributed by atoms with van der Waals surface area (Å²) in [5.74, 6) is 0.950. The first-order chi connectivity index (χ1) is 16.5. The number of hydrogen-bond donors (Lipinski definition) is 2. The van der Waals surface area contributed by atoms with Crippen molar-refractivity contribution in [2.75, 3.05) is 40.4 Å². The predicted octanol–water partition coefficient (Wildman–Crippen LogP) is 3.35. The zero-order valence-corrected chi connectivity index (χ0v) is 20.1. The van der Waals surface area contributed by atoms with Gasteiger partial charge in [-0.2, -0.15) is 0 Å². The molecule has 0 aromatic heterocycles. The van der Waals surface area contributed by atoms with E-state index in [9.17, 15) is 4.79 Å². The van der Waals surface area contributed by atoms with E-state index in [0.717, 1.165) is 24.1 Å². The number of aliphatic hydroxyl groups excluding tert-OH is 1. The summed E-state index contributed by atoms with van der Waals surface area (Å²) in [7, 11) is 4.02. The summed E-state index contributed by atoms with van der Waals surface area (Å²) in [4.78, 5) is 20.5. The van der Waals surface area contributed by atoms with Crippen molar-refractivity contribution in [3.63, 3.8) is 0 Å². The molecule has 182 valence electrons. The molecule has 3 rings (SSSR count). The Morgan fingerprint density at radius 3 is 2.59 bits per heavy atom. The average Bonchev–Trinajstić information content (AvgIpc) is 3.23. The molecule has 1 amide bonds. The Balaban J connectivity index is 1.88. The van der Waals surface area contributed by atoms with Crippen molar-refractivity contribution in [1.82, 2.24) is 10.2 Å².